The van der Waals surface area contributed by atoms with Crippen LogP contribution in [0.15, 0.2) is 24.3 Å². The Morgan fingerprint density at radius 1 is 1.32 bits per heavy atom. The molecule has 2 amide bonds. The van der Waals surface area contributed by atoms with Crippen molar-refractivity contribution in [2.45, 2.75) is 31.7 Å². The van der Waals surface area contributed by atoms with Gasteiger partial charge in [0.2, 0.25) is 0 Å². The number of ether oxygens (including phenoxy) is 1. The molecular formula is C14H17F3N2O3. The molecule has 22 heavy (non-hydrogen) atoms. The topological polar surface area (TPSA) is 70.6 Å². The molecule has 1 aliphatic carbocycles. The third-order valence-electron chi connectivity index (χ3n) is 3.29. The van der Waals surface area contributed by atoms with E-state index in [4.69, 9.17) is 5.11 Å². The summed E-state index contributed by atoms with van der Waals surface area (Å²) in [4.78, 5) is 11.8. The number of urea groups is 1. The molecule has 0 aliphatic heterocycles. The van der Waals surface area contributed by atoms with E-state index in [9.17, 15) is 18.0 Å². The van der Waals surface area contributed by atoms with E-state index in [1.54, 1.807) is 0 Å². The molecule has 1 unspecified atom stereocenters. The van der Waals surface area contributed by atoms with Crippen LogP contribution >= 0.6 is 0 Å². The highest BCUT2D eigenvalue weighted by molar-refractivity contribution is 5.89. The average molecular weight is 318 g/mol. The second kappa shape index (κ2) is 6.87. The zero-order valence-corrected chi connectivity index (χ0v) is 11.7. The first-order valence-corrected chi connectivity index (χ1v) is 6.91. The number of carbonyl (C=O) groups is 1. The van der Waals surface area contributed by atoms with Crippen LogP contribution in [0, 0.1) is 5.92 Å². The highest BCUT2D eigenvalue weighted by Crippen LogP contribution is 2.34. The van der Waals surface area contributed by atoms with Crippen LogP contribution < -0.4 is 15.4 Å². The molecule has 0 spiro atoms. The van der Waals surface area contributed by atoms with Crippen LogP contribution in [0.4, 0.5) is 23.7 Å². The molecule has 1 fully saturated rings. The molecule has 2 rings (SSSR count). The van der Waals surface area contributed by atoms with Gasteiger partial charge in [0.15, 0.2) is 0 Å². The van der Waals surface area contributed by atoms with E-state index in [1.165, 1.54) is 12.1 Å². The van der Waals surface area contributed by atoms with Gasteiger partial charge in [0, 0.05) is 18.3 Å². The molecule has 0 saturated heterocycles. The third-order valence-corrected chi connectivity index (χ3v) is 3.29. The van der Waals surface area contributed by atoms with Crippen LogP contribution in [-0.2, 0) is 0 Å². The van der Waals surface area contributed by atoms with Crippen molar-refractivity contribution in [1.82, 2.24) is 5.32 Å². The largest absolute Gasteiger partial charge is 0.573 e. The Morgan fingerprint density at radius 3 is 2.45 bits per heavy atom. The zero-order valence-electron chi connectivity index (χ0n) is 11.7. The van der Waals surface area contributed by atoms with Crippen molar-refractivity contribution in [1.29, 1.82) is 0 Å². The smallest absolute Gasteiger partial charge is 0.406 e. The number of nitrogens with one attached hydrogen (secondary N) is 2. The predicted molar refractivity (Wildman–Crippen MR) is 73.5 cm³/mol. The lowest BCUT2D eigenvalue weighted by Gasteiger charge is -2.17. The number of aliphatic hydroxyl groups excluding tert-OH is 1. The monoisotopic (exact) mass is 318 g/mol. The molecular weight excluding hydrogens is 301 g/mol. The molecule has 1 saturated carbocycles. The highest BCUT2D eigenvalue weighted by atomic mass is 19.4. The maximum absolute atomic E-state index is 12.0. The summed E-state index contributed by atoms with van der Waals surface area (Å²) in [6.45, 7) is -0.00900. The number of halogens is 3. The molecule has 122 valence electrons. The molecule has 5 nitrogen and oxygen atoms in total. The lowest BCUT2D eigenvalue weighted by atomic mass is 10.1. The van der Waals surface area contributed by atoms with E-state index >= 15 is 0 Å². The molecule has 1 aromatic rings. The number of rotatable bonds is 6. The quantitative estimate of drug-likeness (QED) is 0.755. The zero-order chi connectivity index (χ0) is 16.2. The van der Waals surface area contributed by atoms with Crippen LogP contribution in [-0.4, -0.2) is 30.1 Å². The van der Waals surface area contributed by atoms with Crippen molar-refractivity contribution in [2.24, 2.45) is 5.92 Å². The molecule has 0 bridgehead atoms. The van der Waals surface area contributed by atoms with Crippen molar-refractivity contribution in [3.8, 4) is 5.75 Å². The SMILES string of the molecule is O=C(Nc1ccc(OC(F)(F)F)cc1)NC(CCO)C1CC1. The van der Waals surface area contributed by atoms with Crippen LogP contribution in [0.5, 0.6) is 5.75 Å². The van der Waals surface area contributed by atoms with Gasteiger partial charge in [0.1, 0.15) is 5.75 Å². The van der Waals surface area contributed by atoms with Gasteiger partial charge in [-0.2, -0.15) is 0 Å². The van der Waals surface area contributed by atoms with Gasteiger partial charge in [0.05, 0.1) is 0 Å². The van der Waals surface area contributed by atoms with Crippen LogP contribution in [0.25, 0.3) is 0 Å². The number of hydrogen-bond acceptors (Lipinski definition) is 3. The van der Waals surface area contributed by atoms with E-state index in [0.717, 1.165) is 25.0 Å². The fourth-order valence-corrected chi connectivity index (χ4v) is 2.14. The lowest BCUT2D eigenvalue weighted by Crippen LogP contribution is -2.39. The van der Waals surface area contributed by atoms with Crippen LogP contribution in [0.2, 0.25) is 0 Å². The first-order chi connectivity index (χ1) is 10.4. The molecule has 3 N–H and O–H groups in total. The van der Waals surface area contributed by atoms with Gasteiger partial charge in [0.25, 0.3) is 0 Å². The number of anilines is 1. The average Bonchev–Trinajstić information content (AvgIpc) is 3.23. The van der Waals surface area contributed by atoms with Gasteiger partial charge in [-0.25, -0.2) is 4.79 Å². The summed E-state index contributed by atoms with van der Waals surface area (Å²) < 4.78 is 39.8. The van der Waals surface area contributed by atoms with Crippen molar-refractivity contribution in [3.05, 3.63) is 24.3 Å². The number of amides is 2. The third kappa shape index (κ3) is 5.44. The summed E-state index contributed by atoms with van der Waals surface area (Å²) in [5.41, 5.74) is 0.352. The van der Waals surface area contributed by atoms with Gasteiger partial charge in [-0.05, 0) is 49.4 Å². The highest BCUT2D eigenvalue weighted by Gasteiger charge is 2.32. The molecule has 0 radical (unpaired) electrons. The Hall–Kier alpha value is -1.96. The van der Waals surface area contributed by atoms with Gasteiger partial charge < -0.3 is 20.5 Å². The van der Waals surface area contributed by atoms with Crippen molar-refractivity contribution in [3.63, 3.8) is 0 Å². The van der Waals surface area contributed by atoms with Crippen molar-refractivity contribution >= 4 is 11.7 Å². The Labute approximate surface area is 125 Å². The minimum Gasteiger partial charge on any atom is -0.406 e. The molecule has 0 aromatic heterocycles. The van der Waals surface area contributed by atoms with Crippen molar-refractivity contribution < 1.29 is 27.8 Å². The Morgan fingerprint density at radius 2 is 1.95 bits per heavy atom. The molecule has 1 aromatic carbocycles. The normalized spacial score (nSPS) is 16.0. The van der Waals surface area contributed by atoms with Gasteiger partial charge in [-0.3, -0.25) is 0 Å². The number of hydrogen-bond donors (Lipinski definition) is 3. The molecule has 0 heterocycles. The Balaban J connectivity index is 1.85. The summed E-state index contributed by atoms with van der Waals surface area (Å²) >= 11 is 0. The van der Waals surface area contributed by atoms with Crippen LogP contribution in [0.3, 0.4) is 0 Å². The summed E-state index contributed by atoms with van der Waals surface area (Å²) in [5, 5.41) is 14.3. The lowest BCUT2D eigenvalue weighted by molar-refractivity contribution is -0.274. The van der Waals surface area contributed by atoms with E-state index < -0.39 is 12.4 Å². The summed E-state index contributed by atoms with van der Waals surface area (Å²) in [6.07, 6.45) is -2.21. The van der Waals surface area contributed by atoms with Crippen LogP contribution in [0.1, 0.15) is 19.3 Å². The molecule has 1 aliphatic rings. The predicted octanol–water partition coefficient (Wildman–Crippen LogP) is 2.87. The second-order valence-corrected chi connectivity index (χ2v) is 5.13. The Kier molecular flexibility index (Phi) is 5.12. The number of carbonyl (C=O) groups excluding carboxylic acids is 1. The minimum absolute atomic E-state index is 0.00900. The maximum atomic E-state index is 12.0. The van der Waals surface area contributed by atoms with E-state index in [0.29, 0.717) is 18.0 Å². The number of benzene rings is 1. The molecule has 8 heteroatoms. The van der Waals surface area contributed by atoms with E-state index in [-0.39, 0.29) is 18.4 Å². The van der Waals surface area contributed by atoms with E-state index in [2.05, 4.69) is 15.4 Å². The van der Waals surface area contributed by atoms with Crippen molar-refractivity contribution in [2.75, 3.05) is 11.9 Å². The molecule has 1 atom stereocenters. The van der Waals surface area contributed by atoms with Gasteiger partial charge in [-0.1, -0.05) is 0 Å². The summed E-state index contributed by atoms with van der Waals surface area (Å²) in [6, 6.07) is 4.34. The van der Waals surface area contributed by atoms with Gasteiger partial charge >= 0.3 is 12.4 Å². The van der Waals surface area contributed by atoms with Gasteiger partial charge in [-0.15, -0.1) is 13.2 Å². The minimum atomic E-state index is -4.74. The summed E-state index contributed by atoms with van der Waals surface area (Å²) in [7, 11) is 0. The fourth-order valence-electron chi connectivity index (χ4n) is 2.14. The number of aliphatic hydroxyl groups is 1. The second-order valence-electron chi connectivity index (χ2n) is 5.13. The summed E-state index contributed by atoms with van der Waals surface area (Å²) in [5.74, 6) is 0.0371. The Bertz CT molecular complexity index is 501. The fraction of sp³-hybridized carbons (Fsp3) is 0.500. The number of alkyl halides is 3. The van der Waals surface area contributed by atoms with E-state index in [1.807, 2.05) is 0 Å². The maximum Gasteiger partial charge on any atom is 0.573 e. The first kappa shape index (κ1) is 16.4. The standard InChI is InChI=1S/C14H17F3N2O3/c15-14(16,17)22-11-5-3-10(4-6-11)18-13(21)19-12(7-8-20)9-1-2-9/h3-6,9,12,20H,1-2,7-8H2,(H2,18,19,21). The first-order valence-electron chi connectivity index (χ1n) is 6.91.